The Kier molecular flexibility index (Phi) is 9.04. The lowest BCUT2D eigenvalue weighted by Gasteiger charge is -2.43. The number of pyridine rings is 1. The van der Waals surface area contributed by atoms with Gasteiger partial charge in [-0.05, 0) is 67.7 Å². The van der Waals surface area contributed by atoms with Crippen LogP contribution in [-0.4, -0.2) is 69.6 Å². The van der Waals surface area contributed by atoms with E-state index in [1.165, 1.54) is 30.4 Å². The second-order valence-electron chi connectivity index (χ2n) is 10.6. The van der Waals surface area contributed by atoms with E-state index in [9.17, 15) is 4.79 Å². The van der Waals surface area contributed by atoms with E-state index in [0.29, 0.717) is 0 Å². The van der Waals surface area contributed by atoms with Gasteiger partial charge in [-0.1, -0.05) is 18.9 Å². The molecule has 2 aliphatic rings. The Morgan fingerprint density at radius 1 is 0.947 bits per heavy atom. The third-order valence-electron chi connectivity index (χ3n) is 7.94. The fourth-order valence-corrected chi connectivity index (χ4v) is 5.93. The van der Waals surface area contributed by atoms with E-state index in [0.717, 1.165) is 70.0 Å². The average molecular weight is 517 g/mol. The standard InChI is InChI=1S/C30H40N6O2/c1-38-29-7-6-25(18-26(29)21-35-17-14-32-23-35)19-34-16-10-27-28(22-34)36(20-24-8-12-31-13-9-24)15-5-3-2-4-11-33-30(27)37/h6-9,12-14,17-18,23,27-28H,2-5,10-11,15-16,19-22H2,1H3,(H,33,37)/t27-,28+/m0/s1. The van der Waals surface area contributed by atoms with Crippen LogP contribution in [0.2, 0.25) is 0 Å². The van der Waals surface area contributed by atoms with Gasteiger partial charge in [0.25, 0.3) is 0 Å². The first kappa shape index (κ1) is 26.4. The number of amides is 1. The van der Waals surface area contributed by atoms with Gasteiger partial charge in [0.2, 0.25) is 5.91 Å². The topological polar surface area (TPSA) is 75.5 Å². The maximum absolute atomic E-state index is 13.3. The van der Waals surface area contributed by atoms with Crippen LogP contribution < -0.4 is 10.1 Å². The van der Waals surface area contributed by atoms with Crippen molar-refractivity contribution in [2.45, 2.75) is 57.8 Å². The minimum Gasteiger partial charge on any atom is -0.496 e. The molecule has 1 amide bonds. The van der Waals surface area contributed by atoms with Crippen molar-refractivity contribution in [3.63, 3.8) is 0 Å². The number of fused-ring (bicyclic) bond motifs is 1. The van der Waals surface area contributed by atoms with Gasteiger partial charge >= 0.3 is 0 Å². The van der Waals surface area contributed by atoms with Gasteiger partial charge < -0.3 is 14.6 Å². The van der Waals surface area contributed by atoms with Crippen LogP contribution in [0, 0.1) is 5.92 Å². The van der Waals surface area contributed by atoms with Crippen LogP contribution in [0.25, 0.3) is 0 Å². The molecule has 5 rings (SSSR count). The number of nitrogens with zero attached hydrogens (tertiary/aromatic N) is 5. The summed E-state index contributed by atoms with van der Waals surface area (Å²) in [7, 11) is 1.72. The molecular formula is C30H40N6O2. The Morgan fingerprint density at radius 2 is 1.82 bits per heavy atom. The van der Waals surface area contributed by atoms with Gasteiger partial charge in [0.05, 0.1) is 25.9 Å². The summed E-state index contributed by atoms with van der Waals surface area (Å²) in [6, 6.07) is 10.9. The molecule has 0 bridgehead atoms. The fraction of sp³-hybridized carbons (Fsp3) is 0.500. The summed E-state index contributed by atoms with van der Waals surface area (Å²) in [6.07, 6.45) is 14.8. The minimum atomic E-state index is 0.0128. The van der Waals surface area contributed by atoms with Crippen LogP contribution in [0.3, 0.4) is 0 Å². The van der Waals surface area contributed by atoms with Crippen molar-refractivity contribution in [2.75, 3.05) is 33.3 Å². The van der Waals surface area contributed by atoms with Gasteiger partial charge in [0, 0.05) is 62.6 Å². The molecule has 0 saturated carbocycles. The largest absolute Gasteiger partial charge is 0.496 e. The molecule has 8 heteroatoms. The number of carbonyl (C=O) groups excluding carboxylic acids is 1. The van der Waals surface area contributed by atoms with E-state index in [1.807, 2.05) is 24.9 Å². The summed E-state index contributed by atoms with van der Waals surface area (Å²) in [4.78, 5) is 26.8. The summed E-state index contributed by atoms with van der Waals surface area (Å²) in [5.41, 5.74) is 3.66. The maximum Gasteiger partial charge on any atom is 0.224 e. The molecule has 2 aromatic heterocycles. The molecule has 2 aliphatic heterocycles. The number of likely N-dealkylation sites (tertiary alicyclic amines) is 1. The highest BCUT2D eigenvalue weighted by molar-refractivity contribution is 5.79. The summed E-state index contributed by atoms with van der Waals surface area (Å²) >= 11 is 0. The molecule has 8 nitrogen and oxygen atoms in total. The van der Waals surface area contributed by atoms with E-state index < -0.39 is 0 Å². The third kappa shape index (κ3) is 6.79. The molecule has 1 N–H and O–H groups in total. The van der Waals surface area contributed by atoms with Gasteiger partial charge in [-0.2, -0.15) is 0 Å². The first-order chi connectivity index (χ1) is 18.7. The lowest BCUT2D eigenvalue weighted by atomic mass is 9.88. The Labute approximate surface area is 226 Å². The fourth-order valence-electron chi connectivity index (χ4n) is 5.93. The lowest BCUT2D eigenvalue weighted by Crippen LogP contribution is -2.56. The van der Waals surface area contributed by atoms with Crippen molar-refractivity contribution >= 4 is 5.91 Å². The smallest absolute Gasteiger partial charge is 0.224 e. The van der Waals surface area contributed by atoms with E-state index in [-0.39, 0.29) is 17.9 Å². The molecule has 38 heavy (non-hydrogen) atoms. The third-order valence-corrected chi connectivity index (χ3v) is 7.94. The number of hydrogen-bond acceptors (Lipinski definition) is 6. The van der Waals surface area contributed by atoms with Crippen LogP contribution in [0.5, 0.6) is 5.75 Å². The van der Waals surface area contributed by atoms with Crippen molar-refractivity contribution in [1.29, 1.82) is 0 Å². The number of imidazole rings is 1. The van der Waals surface area contributed by atoms with Crippen molar-refractivity contribution in [3.8, 4) is 5.75 Å². The van der Waals surface area contributed by atoms with Crippen molar-refractivity contribution in [3.05, 3.63) is 78.1 Å². The molecule has 0 radical (unpaired) electrons. The highest BCUT2D eigenvalue weighted by atomic mass is 16.5. The normalized spacial score (nSPS) is 21.8. The Bertz CT molecular complexity index is 1150. The van der Waals surface area contributed by atoms with E-state index in [2.05, 4.69) is 60.0 Å². The zero-order valence-corrected chi connectivity index (χ0v) is 22.5. The predicted molar refractivity (Wildman–Crippen MR) is 148 cm³/mol. The molecule has 0 unspecified atom stereocenters. The Morgan fingerprint density at radius 3 is 2.63 bits per heavy atom. The van der Waals surface area contributed by atoms with Crippen molar-refractivity contribution < 1.29 is 9.53 Å². The first-order valence-corrected chi connectivity index (χ1v) is 13.9. The number of methoxy groups -OCH3 is 1. The molecule has 4 heterocycles. The molecule has 0 spiro atoms. The van der Waals surface area contributed by atoms with E-state index in [4.69, 9.17) is 4.74 Å². The van der Waals surface area contributed by atoms with Crippen LogP contribution in [0.15, 0.2) is 61.4 Å². The number of hydrogen-bond donors (Lipinski definition) is 1. The lowest BCUT2D eigenvalue weighted by molar-refractivity contribution is -0.129. The molecular weight excluding hydrogens is 476 g/mol. The first-order valence-electron chi connectivity index (χ1n) is 13.9. The van der Waals surface area contributed by atoms with Gasteiger partial charge in [-0.15, -0.1) is 0 Å². The minimum absolute atomic E-state index is 0.0128. The molecule has 3 aromatic rings. The molecule has 202 valence electrons. The molecule has 2 fully saturated rings. The highest BCUT2D eigenvalue weighted by Crippen LogP contribution is 2.28. The number of aromatic nitrogens is 3. The second kappa shape index (κ2) is 13.0. The van der Waals surface area contributed by atoms with Crippen molar-refractivity contribution in [1.82, 2.24) is 29.7 Å². The molecule has 2 saturated heterocycles. The van der Waals surface area contributed by atoms with Crippen molar-refractivity contribution in [2.24, 2.45) is 5.92 Å². The molecule has 0 aliphatic carbocycles. The van der Waals surface area contributed by atoms with Gasteiger partial charge in [-0.25, -0.2) is 4.98 Å². The van der Waals surface area contributed by atoms with E-state index >= 15 is 0 Å². The zero-order chi connectivity index (χ0) is 26.2. The second-order valence-corrected chi connectivity index (χ2v) is 10.6. The number of benzene rings is 1. The van der Waals surface area contributed by atoms with Gasteiger partial charge in [0.1, 0.15) is 5.75 Å². The SMILES string of the molecule is COc1ccc(CN2CC[C@@H]3C(=O)NCCCCCCN(Cc4ccncc4)[C@@H]3C2)cc1Cn1ccnc1. The predicted octanol–water partition coefficient (Wildman–Crippen LogP) is 3.72. The Balaban J connectivity index is 1.35. The van der Waals surface area contributed by atoms with Crippen LogP contribution in [0.1, 0.15) is 48.8 Å². The van der Waals surface area contributed by atoms with E-state index in [1.54, 1.807) is 13.3 Å². The number of carbonyl (C=O) groups is 1. The van der Waals surface area contributed by atoms with Gasteiger partial charge in [0.15, 0.2) is 0 Å². The molecule has 1 aromatic carbocycles. The van der Waals surface area contributed by atoms with Gasteiger partial charge in [-0.3, -0.25) is 19.6 Å². The zero-order valence-electron chi connectivity index (χ0n) is 22.5. The summed E-state index contributed by atoms with van der Waals surface area (Å²) < 4.78 is 7.71. The van der Waals surface area contributed by atoms with Crippen LogP contribution in [0.4, 0.5) is 0 Å². The summed E-state index contributed by atoms with van der Waals surface area (Å²) in [5.74, 6) is 1.13. The monoisotopic (exact) mass is 516 g/mol. The number of piperidine rings is 1. The highest BCUT2D eigenvalue weighted by Gasteiger charge is 2.37. The quantitative estimate of drug-likeness (QED) is 0.516. The van der Waals surface area contributed by atoms with Crippen LogP contribution >= 0.6 is 0 Å². The van der Waals surface area contributed by atoms with Crippen LogP contribution in [-0.2, 0) is 24.4 Å². The summed E-state index contributed by atoms with van der Waals surface area (Å²) in [5, 5.41) is 3.25. The molecule has 2 atom stereocenters. The Hall–Kier alpha value is -3.23. The number of rotatable bonds is 7. The number of ether oxygens (including phenoxy) is 1. The average Bonchev–Trinajstić information content (AvgIpc) is 3.44. The number of nitrogens with one attached hydrogen (secondary N) is 1. The summed E-state index contributed by atoms with van der Waals surface area (Å²) in [6.45, 7) is 6.04. The maximum atomic E-state index is 13.3.